The van der Waals surface area contributed by atoms with Gasteiger partial charge in [0.05, 0.1) is 5.60 Å². The summed E-state index contributed by atoms with van der Waals surface area (Å²) in [5, 5.41) is 3.79. The van der Waals surface area contributed by atoms with Crippen molar-refractivity contribution in [3.63, 3.8) is 0 Å². The van der Waals surface area contributed by atoms with E-state index in [1.54, 1.807) is 7.11 Å². The molecule has 0 radical (unpaired) electrons. The largest absolute Gasteiger partial charge is 0.379 e. The quantitative estimate of drug-likeness (QED) is 0.764. The number of nitrogens with one attached hydrogen (secondary N) is 1. The van der Waals surface area contributed by atoms with Gasteiger partial charge >= 0.3 is 0 Å². The third-order valence-corrected chi connectivity index (χ3v) is 4.23. The molecule has 0 bridgehead atoms. The fourth-order valence-corrected chi connectivity index (χ4v) is 3.10. The summed E-state index contributed by atoms with van der Waals surface area (Å²) in [7, 11) is 1.81. The topological polar surface area (TPSA) is 21.3 Å². The Hall–Kier alpha value is -0.0800. The molecule has 102 valence electrons. The number of ether oxygens (including phenoxy) is 1. The molecule has 1 rings (SSSR count). The molecule has 1 saturated carbocycles. The number of rotatable bonds is 6. The van der Waals surface area contributed by atoms with Gasteiger partial charge in [-0.1, -0.05) is 26.2 Å². The molecule has 0 amide bonds. The molecule has 0 saturated heterocycles. The minimum absolute atomic E-state index is 0.00869. The van der Waals surface area contributed by atoms with E-state index < -0.39 is 0 Å². The zero-order valence-corrected chi connectivity index (χ0v) is 12.4. The molecule has 0 heterocycles. The summed E-state index contributed by atoms with van der Waals surface area (Å²) in [5.41, 5.74) is -0.00869. The van der Waals surface area contributed by atoms with Crippen LogP contribution in [0.5, 0.6) is 0 Å². The average Bonchev–Trinajstić information content (AvgIpc) is 2.28. The van der Waals surface area contributed by atoms with Crippen LogP contribution in [0.15, 0.2) is 0 Å². The van der Waals surface area contributed by atoms with Crippen molar-refractivity contribution < 1.29 is 4.74 Å². The Morgan fingerprint density at radius 2 is 2.06 bits per heavy atom. The first-order valence-electron chi connectivity index (χ1n) is 7.28. The van der Waals surface area contributed by atoms with Gasteiger partial charge in [0.2, 0.25) is 0 Å². The van der Waals surface area contributed by atoms with Crippen LogP contribution in [0.3, 0.4) is 0 Å². The molecule has 0 aromatic rings. The van der Waals surface area contributed by atoms with E-state index in [0.717, 1.165) is 18.4 Å². The number of hydrogen-bond donors (Lipinski definition) is 1. The molecule has 0 spiro atoms. The minimum atomic E-state index is -0.00869. The Morgan fingerprint density at radius 1 is 1.35 bits per heavy atom. The van der Waals surface area contributed by atoms with Crippen molar-refractivity contribution in [1.82, 2.24) is 5.32 Å². The molecule has 3 unspecified atom stereocenters. The van der Waals surface area contributed by atoms with Crippen LogP contribution in [0.1, 0.15) is 66.2 Å². The third kappa shape index (κ3) is 5.39. The van der Waals surface area contributed by atoms with Gasteiger partial charge in [-0.05, 0) is 46.0 Å². The highest BCUT2D eigenvalue weighted by Crippen LogP contribution is 2.27. The predicted octanol–water partition coefficient (Wildman–Crippen LogP) is 3.75. The molecule has 17 heavy (non-hydrogen) atoms. The Labute approximate surface area is 108 Å². The second-order valence-electron chi connectivity index (χ2n) is 6.37. The van der Waals surface area contributed by atoms with E-state index >= 15 is 0 Å². The Balaban J connectivity index is 2.32. The highest BCUT2D eigenvalue weighted by molar-refractivity contribution is 4.82. The van der Waals surface area contributed by atoms with Crippen LogP contribution in [-0.2, 0) is 4.74 Å². The summed E-state index contributed by atoms with van der Waals surface area (Å²) in [6, 6.07) is 1.28. The molecule has 0 aliphatic heterocycles. The first kappa shape index (κ1) is 15.0. The lowest BCUT2D eigenvalue weighted by Gasteiger charge is -2.34. The summed E-state index contributed by atoms with van der Waals surface area (Å²) < 4.78 is 5.50. The summed E-state index contributed by atoms with van der Waals surface area (Å²) in [4.78, 5) is 0. The Bertz CT molecular complexity index is 215. The predicted molar refractivity (Wildman–Crippen MR) is 74.3 cm³/mol. The summed E-state index contributed by atoms with van der Waals surface area (Å²) in [5.74, 6) is 0.948. The van der Waals surface area contributed by atoms with Crippen LogP contribution in [0.25, 0.3) is 0 Å². The van der Waals surface area contributed by atoms with Crippen LogP contribution in [0.4, 0.5) is 0 Å². The molecule has 0 aromatic carbocycles. The minimum Gasteiger partial charge on any atom is -0.379 e. The van der Waals surface area contributed by atoms with E-state index in [1.807, 2.05) is 0 Å². The first-order chi connectivity index (χ1) is 7.96. The molecular weight excluding hydrogens is 210 g/mol. The van der Waals surface area contributed by atoms with Gasteiger partial charge in [-0.25, -0.2) is 0 Å². The lowest BCUT2D eigenvalue weighted by atomic mass is 9.83. The molecule has 3 atom stereocenters. The summed E-state index contributed by atoms with van der Waals surface area (Å²) in [6.45, 7) is 8.95. The van der Waals surface area contributed by atoms with E-state index in [4.69, 9.17) is 4.74 Å². The van der Waals surface area contributed by atoms with Crippen LogP contribution in [-0.4, -0.2) is 24.8 Å². The smallest absolute Gasteiger partial charge is 0.0637 e. The van der Waals surface area contributed by atoms with Crippen molar-refractivity contribution in [2.45, 2.75) is 83.9 Å². The monoisotopic (exact) mass is 241 g/mol. The van der Waals surface area contributed by atoms with Crippen molar-refractivity contribution in [2.24, 2.45) is 5.92 Å². The van der Waals surface area contributed by atoms with Crippen molar-refractivity contribution >= 4 is 0 Å². The summed E-state index contributed by atoms with van der Waals surface area (Å²) >= 11 is 0. The van der Waals surface area contributed by atoms with E-state index in [0.29, 0.717) is 6.04 Å². The van der Waals surface area contributed by atoms with Gasteiger partial charge in [-0.3, -0.25) is 0 Å². The Kier molecular flexibility index (Phi) is 5.94. The standard InChI is InChI=1S/C15H31NO/c1-6-13-8-7-9-14(10-13)16-12(2)11-15(3,4)17-5/h12-14,16H,6-11H2,1-5H3. The average molecular weight is 241 g/mol. The number of methoxy groups -OCH3 is 1. The lowest BCUT2D eigenvalue weighted by Crippen LogP contribution is -2.43. The maximum atomic E-state index is 5.50. The van der Waals surface area contributed by atoms with Gasteiger partial charge in [-0.15, -0.1) is 0 Å². The van der Waals surface area contributed by atoms with Crippen LogP contribution >= 0.6 is 0 Å². The fourth-order valence-electron chi connectivity index (χ4n) is 3.10. The molecule has 2 nitrogen and oxygen atoms in total. The zero-order valence-electron chi connectivity index (χ0n) is 12.4. The van der Waals surface area contributed by atoms with E-state index in [-0.39, 0.29) is 5.60 Å². The van der Waals surface area contributed by atoms with Crippen LogP contribution in [0.2, 0.25) is 0 Å². The van der Waals surface area contributed by atoms with E-state index in [1.165, 1.54) is 32.1 Å². The van der Waals surface area contributed by atoms with Gasteiger partial charge in [0.1, 0.15) is 0 Å². The second kappa shape index (κ2) is 6.75. The zero-order chi connectivity index (χ0) is 12.9. The molecular formula is C15H31NO. The van der Waals surface area contributed by atoms with Gasteiger partial charge in [0, 0.05) is 19.2 Å². The fraction of sp³-hybridized carbons (Fsp3) is 1.00. The molecule has 1 aliphatic carbocycles. The van der Waals surface area contributed by atoms with Gasteiger partial charge < -0.3 is 10.1 Å². The van der Waals surface area contributed by atoms with E-state index in [2.05, 4.69) is 33.0 Å². The van der Waals surface area contributed by atoms with Crippen molar-refractivity contribution in [3.05, 3.63) is 0 Å². The highest BCUT2D eigenvalue weighted by atomic mass is 16.5. The molecule has 1 N–H and O–H groups in total. The third-order valence-electron chi connectivity index (χ3n) is 4.23. The van der Waals surface area contributed by atoms with Crippen LogP contribution < -0.4 is 5.32 Å². The van der Waals surface area contributed by atoms with Gasteiger partial charge in [0.15, 0.2) is 0 Å². The second-order valence-corrected chi connectivity index (χ2v) is 6.37. The molecule has 0 aromatic heterocycles. The highest BCUT2D eigenvalue weighted by Gasteiger charge is 2.25. The van der Waals surface area contributed by atoms with Crippen LogP contribution in [0, 0.1) is 5.92 Å². The molecule has 1 aliphatic rings. The maximum absolute atomic E-state index is 5.50. The Morgan fingerprint density at radius 3 is 2.65 bits per heavy atom. The van der Waals surface area contributed by atoms with Crippen molar-refractivity contribution in [2.75, 3.05) is 7.11 Å². The first-order valence-corrected chi connectivity index (χ1v) is 7.28. The van der Waals surface area contributed by atoms with Gasteiger partial charge in [0.25, 0.3) is 0 Å². The maximum Gasteiger partial charge on any atom is 0.0637 e. The van der Waals surface area contributed by atoms with Crippen molar-refractivity contribution in [3.8, 4) is 0 Å². The molecule has 2 heteroatoms. The van der Waals surface area contributed by atoms with E-state index in [9.17, 15) is 0 Å². The molecule has 1 fully saturated rings. The van der Waals surface area contributed by atoms with Gasteiger partial charge in [-0.2, -0.15) is 0 Å². The summed E-state index contributed by atoms with van der Waals surface area (Å²) in [6.07, 6.45) is 7.98. The lowest BCUT2D eigenvalue weighted by molar-refractivity contribution is 0.00702. The van der Waals surface area contributed by atoms with Crippen molar-refractivity contribution in [1.29, 1.82) is 0 Å². The number of hydrogen-bond acceptors (Lipinski definition) is 2. The SMILES string of the molecule is CCC1CCCC(NC(C)CC(C)(C)OC)C1. The normalized spacial score (nSPS) is 28.1.